The van der Waals surface area contributed by atoms with Gasteiger partial charge in [0.15, 0.2) is 0 Å². The zero-order valence-electron chi connectivity index (χ0n) is 16.7. The van der Waals surface area contributed by atoms with Crippen LogP contribution in [0.1, 0.15) is 74.6 Å². The van der Waals surface area contributed by atoms with E-state index in [0.29, 0.717) is 5.92 Å². The highest BCUT2D eigenvalue weighted by Gasteiger charge is 2.24. The van der Waals surface area contributed by atoms with Crippen LogP contribution in [0, 0.1) is 13.8 Å². The Labute approximate surface area is 151 Å². The van der Waals surface area contributed by atoms with Crippen molar-refractivity contribution in [3.05, 3.63) is 40.2 Å². The van der Waals surface area contributed by atoms with Gasteiger partial charge >= 0.3 is 0 Å². The summed E-state index contributed by atoms with van der Waals surface area (Å²) >= 11 is 0. The maximum absolute atomic E-state index is 4.79. The molecule has 0 amide bonds. The Balaban J connectivity index is 1.79. The van der Waals surface area contributed by atoms with Crippen molar-refractivity contribution in [2.45, 2.75) is 79.4 Å². The number of aryl methyl sites for hydroxylation is 1. The van der Waals surface area contributed by atoms with Gasteiger partial charge in [-0.2, -0.15) is 5.10 Å². The van der Waals surface area contributed by atoms with E-state index in [1.807, 2.05) is 6.20 Å². The van der Waals surface area contributed by atoms with E-state index in [1.165, 1.54) is 22.5 Å². The van der Waals surface area contributed by atoms with Crippen molar-refractivity contribution < 1.29 is 0 Å². The van der Waals surface area contributed by atoms with E-state index in [9.17, 15) is 0 Å². The SMILES string of the molecule is Cc1nn(C(C)(C)C)c(C)c1CN1CCc2nc(C(C)C)ncc2C1. The molecule has 3 rings (SSSR count). The third-order valence-electron chi connectivity index (χ3n) is 5.01. The Morgan fingerprint density at radius 3 is 2.52 bits per heavy atom. The Morgan fingerprint density at radius 1 is 1.20 bits per heavy atom. The summed E-state index contributed by atoms with van der Waals surface area (Å²) in [6, 6.07) is 0. The maximum atomic E-state index is 4.79. The van der Waals surface area contributed by atoms with Gasteiger partial charge in [-0.25, -0.2) is 9.97 Å². The van der Waals surface area contributed by atoms with Crippen LogP contribution < -0.4 is 0 Å². The summed E-state index contributed by atoms with van der Waals surface area (Å²) in [7, 11) is 0. The average Bonchev–Trinajstić information content (AvgIpc) is 2.82. The Hall–Kier alpha value is -1.75. The van der Waals surface area contributed by atoms with Crippen LogP contribution in [0.2, 0.25) is 0 Å². The number of rotatable bonds is 3. The van der Waals surface area contributed by atoms with Crippen LogP contribution in [0.3, 0.4) is 0 Å². The highest BCUT2D eigenvalue weighted by atomic mass is 15.3. The molecule has 0 spiro atoms. The molecular weight excluding hydrogens is 310 g/mol. The lowest BCUT2D eigenvalue weighted by Gasteiger charge is -2.28. The van der Waals surface area contributed by atoms with E-state index in [0.717, 1.165) is 37.6 Å². The molecule has 0 radical (unpaired) electrons. The van der Waals surface area contributed by atoms with Crippen LogP contribution in [0.4, 0.5) is 0 Å². The quantitative estimate of drug-likeness (QED) is 0.853. The minimum absolute atomic E-state index is 0.0165. The lowest BCUT2D eigenvalue weighted by Crippen LogP contribution is -2.31. The summed E-state index contributed by atoms with van der Waals surface area (Å²) in [6.07, 6.45) is 3.03. The van der Waals surface area contributed by atoms with E-state index >= 15 is 0 Å². The number of hydrogen-bond donors (Lipinski definition) is 0. The molecule has 136 valence electrons. The van der Waals surface area contributed by atoms with Crippen molar-refractivity contribution in [2.75, 3.05) is 6.54 Å². The van der Waals surface area contributed by atoms with Crippen LogP contribution in [0.15, 0.2) is 6.20 Å². The number of aromatic nitrogens is 4. The van der Waals surface area contributed by atoms with Crippen LogP contribution >= 0.6 is 0 Å². The molecule has 0 atom stereocenters. The summed E-state index contributed by atoms with van der Waals surface area (Å²) in [5.41, 5.74) is 6.30. The fraction of sp³-hybridized carbons (Fsp3) is 0.650. The Bertz CT molecular complexity index is 767. The first-order valence-corrected chi connectivity index (χ1v) is 9.29. The van der Waals surface area contributed by atoms with E-state index in [4.69, 9.17) is 10.1 Å². The molecule has 0 aromatic carbocycles. The molecule has 0 unspecified atom stereocenters. The van der Waals surface area contributed by atoms with Gasteiger partial charge < -0.3 is 0 Å². The van der Waals surface area contributed by atoms with Crippen molar-refractivity contribution in [2.24, 2.45) is 0 Å². The van der Waals surface area contributed by atoms with Crippen LogP contribution in [0.5, 0.6) is 0 Å². The lowest BCUT2D eigenvalue weighted by molar-refractivity contribution is 0.241. The molecule has 0 saturated heterocycles. The molecule has 5 nitrogen and oxygen atoms in total. The Kier molecular flexibility index (Phi) is 4.71. The zero-order valence-corrected chi connectivity index (χ0v) is 16.7. The minimum atomic E-state index is 0.0165. The van der Waals surface area contributed by atoms with Gasteiger partial charge in [0.2, 0.25) is 0 Å². The fourth-order valence-corrected chi connectivity index (χ4v) is 3.58. The van der Waals surface area contributed by atoms with E-state index in [2.05, 4.69) is 63.0 Å². The molecule has 2 aromatic rings. The van der Waals surface area contributed by atoms with Gasteiger partial charge in [-0.3, -0.25) is 9.58 Å². The van der Waals surface area contributed by atoms with E-state index in [-0.39, 0.29) is 5.54 Å². The normalized spacial score (nSPS) is 15.7. The van der Waals surface area contributed by atoms with Crippen molar-refractivity contribution in [1.82, 2.24) is 24.6 Å². The van der Waals surface area contributed by atoms with Crippen molar-refractivity contribution in [3.8, 4) is 0 Å². The zero-order chi connectivity index (χ0) is 18.4. The van der Waals surface area contributed by atoms with Gasteiger partial charge in [-0.05, 0) is 34.6 Å². The smallest absolute Gasteiger partial charge is 0.131 e. The topological polar surface area (TPSA) is 46.8 Å². The standard InChI is InChI=1S/C20H31N5/c1-13(2)19-21-10-16-11-24(9-8-18(16)22-19)12-17-14(3)23-25(15(17)4)20(5,6)7/h10,13H,8-9,11-12H2,1-7H3. The minimum Gasteiger partial charge on any atom is -0.294 e. The average molecular weight is 342 g/mol. The van der Waals surface area contributed by atoms with Gasteiger partial charge in [0.1, 0.15) is 5.82 Å². The summed E-state index contributed by atoms with van der Waals surface area (Å²) in [5, 5.41) is 4.79. The molecule has 0 aliphatic carbocycles. The number of nitrogens with zero attached hydrogens (tertiary/aromatic N) is 5. The molecule has 0 bridgehead atoms. The van der Waals surface area contributed by atoms with Gasteiger partial charge in [0.05, 0.1) is 11.2 Å². The second kappa shape index (κ2) is 6.52. The molecular formula is C20H31N5. The van der Waals surface area contributed by atoms with E-state index in [1.54, 1.807) is 0 Å². The first kappa shape index (κ1) is 18.1. The van der Waals surface area contributed by atoms with Crippen LogP contribution in [-0.4, -0.2) is 31.2 Å². The molecule has 1 aliphatic heterocycles. The molecule has 0 saturated carbocycles. The number of hydrogen-bond acceptors (Lipinski definition) is 4. The molecule has 3 heterocycles. The highest BCUT2D eigenvalue weighted by molar-refractivity contribution is 5.27. The predicted molar refractivity (Wildman–Crippen MR) is 101 cm³/mol. The maximum Gasteiger partial charge on any atom is 0.131 e. The second-order valence-corrected chi connectivity index (χ2v) is 8.55. The molecule has 0 fully saturated rings. The van der Waals surface area contributed by atoms with Crippen molar-refractivity contribution in [1.29, 1.82) is 0 Å². The molecule has 2 aromatic heterocycles. The molecule has 1 aliphatic rings. The van der Waals surface area contributed by atoms with Gasteiger partial charge in [-0.15, -0.1) is 0 Å². The van der Waals surface area contributed by atoms with Gasteiger partial charge in [-0.1, -0.05) is 13.8 Å². The fourth-order valence-electron chi connectivity index (χ4n) is 3.58. The molecule has 25 heavy (non-hydrogen) atoms. The van der Waals surface area contributed by atoms with E-state index < -0.39 is 0 Å². The van der Waals surface area contributed by atoms with Crippen molar-refractivity contribution >= 4 is 0 Å². The predicted octanol–water partition coefficient (Wildman–Crippen LogP) is 3.73. The number of fused-ring (bicyclic) bond motifs is 1. The first-order valence-electron chi connectivity index (χ1n) is 9.29. The monoisotopic (exact) mass is 341 g/mol. The van der Waals surface area contributed by atoms with Crippen molar-refractivity contribution in [3.63, 3.8) is 0 Å². The van der Waals surface area contributed by atoms with Crippen LogP contribution in [0.25, 0.3) is 0 Å². The molecule has 5 heteroatoms. The summed E-state index contributed by atoms with van der Waals surface area (Å²) < 4.78 is 2.16. The second-order valence-electron chi connectivity index (χ2n) is 8.55. The van der Waals surface area contributed by atoms with Gasteiger partial charge in [0.25, 0.3) is 0 Å². The third kappa shape index (κ3) is 3.61. The first-order chi connectivity index (χ1) is 11.7. The van der Waals surface area contributed by atoms with Crippen LogP contribution in [-0.2, 0) is 25.0 Å². The van der Waals surface area contributed by atoms with Gasteiger partial charge in [0, 0.05) is 60.7 Å². The highest BCUT2D eigenvalue weighted by Crippen LogP contribution is 2.25. The molecule has 0 N–H and O–H groups in total. The lowest BCUT2D eigenvalue weighted by atomic mass is 10.0. The summed E-state index contributed by atoms with van der Waals surface area (Å²) in [6.45, 7) is 18.1. The largest absolute Gasteiger partial charge is 0.294 e. The summed E-state index contributed by atoms with van der Waals surface area (Å²) in [5.74, 6) is 1.35. The Morgan fingerprint density at radius 2 is 1.92 bits per heavy atom. The third-order valence-corrected chi connectivity index (χ3v) is 5.01. The summed E-state index contributed by atoms with van der Waals surface area (Å²) in [4.78, 5) is 11.8.